The molecule has 1 heterocycles. The maximum absolute atomic E-state index is 14.0. The minimum Gasteiger partial charge on any atom is -0.503 e. The first-order valence-corrected chi connectivity index (χ1v) is 7.90. The van der Waals surface area contributed by atoms with Crippen LogP contribution in [0.3, 0.4) is 0 Å². The Morgan fingerprint density at radius 3 is 1.54 bits per heavy atom. The van der Waals surface area contributed by atoms with Crippen LogP contribution in [0.25, 0.3) is 28.5 Å². The summed E-state index contributed by atoms with van der Waals surface area (Å²) in [5.41, 5.74) is 1.67. The average Bonchev–Trinajstić information content (AvgIpc) is 3.12. The van der Waals surface area contributed by atoms with Gasteiger partial charge in [0.05, 0.1) is 5.69 Å². The topological polar surface area (TPSA) is 50.9 Å². The van der Waals surface area contributed by atoms with Crippen LogP contribution >= 0.6 is 0 Å². The minimum absolute atomic E-state index is 0.181. The third kappa shape index (κ3) is 2.71. The molecule has 1 N–H and O–H groups in total. The summed E-state index contributed by atoms with van der Waals surface area (Å²) in [7, 11) is 0. The molecule has 6 heteroatoms. The van der Waals surface area contributed by atoms with Crippen molar-refractivity contribution in [1.29, 1.82) is 0 Å². The molecule has 0 aliphatic rings. The number of hydrogen-bond acceptors (Lipinski definition) is 3. The molecular formula is C20H13F2N3O. The summed E-state index contributed by atoms with van der Waals surface area (Å²) in [5.74, 6) is -2.23. The van der Waals surface area contributed by atoms with Gasteiger partial charge in [0.1, 0.15) is 0 Å². The van der Waals surface area contributed by atoms with E-state index in [9.17, 15) is 13.9 Å². The second-order valence-electron chi connectivity index (χ2n) is 5.67. The van der Waals surface area contributed by atoms with Crippen molar-refractivity contribution in [3.8, 4) is 34.2 Å². The van der Waals surface area contributed by atoms with Gasteiger partial charge in [-0.1, -0.05) is 60.7 Å². The number of aromatic nitrogens is 3. The lowest BCUT2D eigenvalue weighted by molar-refractivity contribution is 0.396. The summed E-state index contributed by atoms with van der Waals surface area (Å²) in [6.45, 7) is 0. The van der Waals surface area contributed by atoms with Gasteiger partial charge in [-0.15, -0.1) is 10.2 Å². The number of benzene rings is 3. The summed E-state index contributed by atoms with van der Waals surface area (Å²) < 4.78 is 29.5. The van der Waals surface area contributed by atoms with Gasteiger partial charge in [0.15, 0.2) is 29.0 Å². The fraction of sp³-hybridized carbons (Fsp3) is 0. The van der Waals surface area contributed by atoms with Crippen molar-refractivity contribution in [2.75, 3.05) is 0 Å². The highest BCUT2D eigenvalue weighted by Crippen LogP contribution is 2.31. The Labute approximate surface area is 148 Å². The molecule has 26 heavy (non-hydrogen) atoms. The second-order valence-corrected chi connectivity index (χ2v) is 5.67. The Hall–Kier alpha value is -3.54. The number of hydrogen-bond donors (Lipinski definition) is 1. The number of phenolic OH excluding ortho intramolecular Hbond substituents is 1. The summed E-state index contributed by atoms with van der Waals surface area (Å²) in [6, 6.07) is 20.5. The summed E-state index contributed by atoms with van der Waals surface area (Å²) in [6.07, 6.45) is 0. The maximum Gasteiger partial charge on any atom is 0.187 e. The van der Waals surface area contributed by atoms with Crippen LogP contribution in [0.5, 0.6) is 5.75 Å². The van der Waals surface area contributed by atoms with E-state index in [1.54, 1.807) is 4.57 Å². The number of nitrogens with zero attached hydrogens (tertiary/aromatic N) is 3. The zero-order valence-corrected chi connectivity index (χ0v) is 13.5. The van der Waals surface area contributed by atoms with Crippen molar-refractivity contribution >= 4 is 0 Å². The van der Waals surface area contributed by atoms with Crippen molar-refractivity contribution < 1.29 is 13.9 Å². The van der Waals surface area contributed by atoms with Crippen LogP contribution in [0.15, 0.2) is 72.8 Å². The van der Waals surface area contributed by atoms with Crippen LogP contribution in [-0.4, -0.2) is 19.9 Å². The van der Waals surface area contributed by atoms with Gasteiger partial charge in [0, 0.05) is 23.3 Å². The summed E-state index contributed by atoms with van der Waals surface area (Å²) >= 11 is 0. The fourth-order valence-corrected chi connectivity index (χ4v) is 2.76. The Morgan fingerprint density at radius 2 is 1.12 bits per heavy atom. The van der Waals surface area contributed by atoms with Gasteiger partial charge in [-0.05, 0) is 0 Å². The summed E-state index contributed by atoms with van der Waals surface area (Å²) in [5, 5.41) is 17.9. The molecule has 0 spiro atoms. The van der Waals surface area contributed by atoms with Crippen LogP contribution in [0.4, 0.5) is 8.78 Å². The van der Waals surface area contributed by atoms with Gasteiger partial charge in [-0.25, -0.2) is 8.78 Å². The number of phenols is 1. The average molecular weight is 349 g/mol. The van der Waals surface area contributed by atoms with E-state index in [-0.39, 0.29) is 5.69 Å². The lowest BCUT2D eigenvalue weighted by Crippen LogP contribution is -2.02. The normalized spacial score (nSPS) is 10.8. The van der Waals surface area contributed by atoms with Gasteiger partial charge < -0.3 is 5.11 Å². The lowest BCUT2D eigenvalue weighted by Gasteiger charge is -2.12. The summed E-state index contributed by atoms with van der Waals surface area (Å²) in [4.78, 5) is 0. The quantitative estimate of drug-likeness (QED) is 0.589. The predicted molar refractivity (Wildman–Crippen MR) is 93.8 cm³/mol. The molecule has 0 unspecified atom stereocenters. The van der Waals surface area contributed by atoms with E-state index < -0.39 is 17.4 Å². The van der Waals surface area contributed by atoms with E-state index in [1.807, 2.05) is 60.7 Å². The monoisotopic (exact) mass is 349 g/mol. The first-order chi connectivity index (χ1) is 12.6. The van der Waals surface area contributed by atoms with E-state index in [2.05, 4.69) is 10.2 Å². The third-order valence-corrected chi connectivity index (χ3v) is 3.99. The van der Waals surface area contributed by atoms with Crippen molar-refractivity contribution in [2.24, 2.45) is 0 Å². The largest absolute Gasteiger partial charge is 0.503 e. The minimum atomic E-state index is -1.05. The second kappa shape index (κ2) is 6.40. The highest BCUT2D eigenvalue weighted by atomic mass is 19.1. The van der Waals surface area contributed by atoms with Gasteiger partial charge in [0.25, 0.3) is 0 Å². The Balaban J connectivity index is 2.01. The molecule has 0 atom stereocenters. The number of rotatable bonds is 3. The SMILES string of the molecule is Oc1c(F)cc(-n2c(-c3ccccc3)nnc2-c2ccccc2)cc1F. The van der Waals surface area contributed by atoms with Gasteiger partial charge in [-0.2, -0.15) is 0 Å². The molecule has 0 amide bonds. The van der Waals surface area contributed by atoms with E-state index in [1.165, 1.54) is 0 Å². The molecule has 4 nitrogen and oxygen atoms in total. The molecule has 0 saturated carbocycles. The fourth-order valence-electron chi connectivity index (χ4n) is 2.76. The smallest absolute Gasteiger partial charge is 0.187 e. The van der Waals surface area contributed by atoms with Crippen molar-refractivity contribution in [3.05, 3.63) is 84.4 Å². The molecule has 1 aromatic heterocycles. The van der Waals surface area contributed by atoms with Gasteiger partial charge in [0.2, 0.25) is 0 Å². The van der Waals surface area contributed by atoms with E-state index in [0.29, 0.717) is 11.6 Å². The third-order valence-electron chi connectivity index (χ3n) is 3.99. The van der Waals surface area contributed by atoms with Gasteiger partial charge >= 0.3 is 0 Å². The molecule has 0 aliphatic heterocycles. The van der Waals surface area contributed by atoms with Crippen molar-refractivity contribution in [3.63, 3.8) is 0 Å². The van der Waals surface area contributed by atoms with E-state index in [0.717, 1.165) is 23.3 Å². The molecule has 0 fully saturated rings. The number of aromatic hydroxyl groups is 1. The predicted octanol–water partition coefficient (Wildman–Crippen LogP) is 4.59. The van der Waals surface area contributed by atoms with Crippen molar-refractivity contribution in [1.82, 2.24) is 14.8 Å². The van der Waals surface area contributed by atoms with Crippen molar-refractivity contribution in [2.45, 2.75) is 0 Å². The molecule has 3 aromatic carbocycles. The Bertz CT molecular complexity index is 983. The van der Waals surface area contributed by atoms with Gasteiger partial charge in [-0.3, -0.25) is 4.57 Å². The van der Waals surface area contributed by atoms with Crippen LogP contribution in [0.1, 0.15) is 0 Å². The highest BCUT2D eigenvalue weighted by molar-refractivity contribution is 5.66. The molecule has 0 saturated heterocycles. The molecular weight excluding hydrogens is 336 g/mol. The Morgan fingerprint density at radius 1 is 0.692 bits per heavy atom. The number of halogens is 2. The zero-order valence-electron chi connectivity index (χ0n) is 13.5. The van der Waals surface area contributed by atoms with Crippen LogP contribution in [0, 0.1) is 11.6 Å². The van der Waals surface area contributed by atoms with E-state index >= 15 is 0 Å². The standard InChI is InChI=1S/C20H13F2N3O/c21-16-11-15(12-17(22)18(16)26)25-19(13-7-3-1-4-8-13)23-24-20(25)14-9-5-2-6-10-14/h1-12,26H. The highest BCUT2D eigenvalue weighted by Gasteiger charge is 2.19. The first-order valence-electron chi connectivity index (χ1n) is 7.90. The molecule has 0 aliphatic carbocycles. The van der Waals surface area contributed by atoms with Crippen LogP contribution in [0.2, 0.25) is 0 Å². The van der Waals surface area contributed by atoms with E-state index in [4.69, 9.17) is 0 Å². The Kier molecular flexibility index (Phi) is 3.93. The lowest BCUT2D eigenvalue weighted by atomic mass is 10.1. The zero-order chi connectivity index (χ0) is 18.1. The molecule has 4 aromatic rings. The van der Waals surface area contributed by atoms with Crippen LogP contribution in [-0.2, 0) is 0 Å². The molecule has 0 bridgehead atoms. The maximum atomic E-state index is 14.0. The van der Waals surface area contributed by atoms with Crippen LogP contribution < -0.4 is 0 Å². The molecule has 128 valence electrons. The molecule has 0 radical (unpaired) electrons. The first kappa shape index (κ1) is 16.0. The molecule has 4 rings (SSSR count).